The van der Waals surface area contributed by atoms with Crippen molar-refractivity contribution < 1.29 is 4.74 Å². The first-order valence-electron chi connectivity index (χ1n) is 5.21. The molecule has 78 valence electrons. The van der Waals surface area contributed by atoms with Crippen LogP contribution >= 0.6 is 0 Å². The van der Waals surface area contributed by atoms with E-state index < -0.39 is 0 Å². The first-order chi connectivity index (χ1) is 6.24. The number of nitrogens with one attached hydrogen (secondary N) is 1. The predicted molar refractivity (Wildman–Crippen MR) is 55.0 cm³/mol. The molecule has 0 saturated carbocycles. The molecule has 0 aromatic heterocycles. The van der Waals surface area contributed by atoms with Crippen molar-refractivity contribution in [2.45, 2.75) is 31.8 Å². The van der Waals surface area contributed by atoms with Crippen LogP contribution in [0.3, 0.4) is 0 Å². The van der Waals surface area contributed by atoms with E-state index in [1.807, 2.05) is 0 Å². The molecule has 13 heavy (non-hydrogen) atoms. The van der Waals surface area contributed by atoms with Crippen LogP contribution in [0.5, 0.6) is 0 Å². The monoisotopic (exact) mass is 186 g/mol. The molecule has 0 aromatic rings. The Balaban J connectivity index is 2.27. The fourth-order valence-electron chi connectivity index (χ4n) is 1.84. The second-order valence-electron chi connectivity index (χ2n) is 3.99. The summed E-state index contributed by atoms with van der Waals surface area (Å²) < 4.78 is 5.43. The van der Waals surface area contributed by atoms with Crippen LogP contribution in [-0.2, 0) is 4.74 Å². The van der Waals surface area contributed by atoms with E-state index in [4.69, 9.17) is 4.74 Å². The fourth-order valence-corrected chi connectivity index (χ4v) is 1.84. The average molecular weight is 186 g/mol. The molecular weight excluding hydrogens is 164 g/mol. The van der Waals surface area contributed by atoms with Crippen LogP contribution in [0.15, 0.2) is 0 Å². The van der Waals surface area contributed by atoms with Gasteiger partial charge in [0, 0.05) is 18.6 Å². The van der Waals surface area contributed by atoms with Gasteiger partial charge in [0.2, 0.25) is 0 Å². The molecule has 0 bridgehead atoms. The zero-order chi connectivity index (χ0) is 9.68. The number of morpholine rings is 1. The third-order valence-corrected chi connectivity index (χ3v) is 2.76. The zero-order valence-corrected chi connectivity index (χ0v) is 9.05. The Bertz CT molecular complexity index is 133. The summed E-state index contributed by atoms with van der Waals surface area (Å²) in [6.45, 7) is 5.00. The lowest BCUT2D eigenvalue weighted by Crippen LogP contribution is -2.45. The van der Waals surface area contributed by atoms with Crippen molar-refractivity contribution >= 4 is 0 Å². The average Bonchev–Trinajstić information content (AvgIpc) is 2.15. The van der Waals surface area contributed by atoms with Gasteiger partial charge in [-0.1, -0.05) is 6.92 Å². The summed E-state index contributed by atoms with van der Waals surface area (Å²) in [5.74, 6) is 0. The van der Waals surface area contributed by atoms with E-state index in [1.54, 1.807) is 0 Å². The topological polar surface area (TPSA) is 24.5 Å². The highest BCUT2D eigenvalue weighted by Crippen LogP contribution is 2.09. The third kappa shape index (κ3) is 3.63. The van der Waals surface area contributed by atoms with Gasteiger partial charge < -0.3 is 15.0 Å². The lowest BCUT2D eigenvalue weighted by Gasteiger charge is -2.30. The molecule has 3 nitrogen and oxygen atoms in total. The summed E-state index contributed by atoms with van der Waals surface area (Å²) in [5.41, 5.74) is 0. The molecule has 1 heterocycles. The van der Waals surface area contributed by atoms with Gasteiger partial charge in [-0.2, -0.15) is 0 Å². The van der Waals surface area contributed by atoms with E-state index in [1.165, 1.54) is 12.8 Å². The molecule has 1 aliphatic rings. The Kier molecular flexibility index (Phi) is 4.70. The molecule has 0 aliphatic carbocycles. The van der Waals surface area contributed by atoms with Crippen molar-refractivity contribution in [3.05, 3.63) is 0 Å². The van der Waals surface area contributed by atoms with Crippen molar-refractivity contribution in [2.24, 2.45) is 0 Å². The van der Waals surface area contributed by atoms with Gasteiger partial charge in [-0.3, -0.25) is 0 Å². The summed E-state index contributed by atoms with van der Waals surface area (Å²) in [6.07, 6.45) is 2.41. The van der Waals surface area contributed by atoms with E-state index >= 15 is 0 Å². The maximum atomic E-state index is 5.43. The van der Waals surface area contributed by atoms with E-state index in [9.17, 15) is 0 Å². The standard InChI is InChI=1S/C10H22N2O/c1-4-10(12(2)3)7-9-8-13-6-5-11-9/h9-11H,4-8H2,1-3H3. The molecule has 1 N–H and O–H groups in total. The van der Waals surface area contributed by atoms with Gasteiger partial charge in [0.05, 0.1) is 13.2 Å². The predicted octanol–water partition coefficient (Wildman–Crippen LogP) is 0.705. The Morgan fingerprint density at radius 2 is 2.31 bits per heavy atom. The Morgan fingerprint density at radius 1 is 1.54 bits per heavy atom. The second-order valence-corrected chi connectivity index (χ2v) is 3.99. The molecule has 1 fully saturated rings. The maximum Gasteiger partial charge on any atom is 0.0620 e. The first-order valence-corrected chi connectivity index (χ1v) is 5.21. The van der Waals surface area contributed by atoms with Crippen molar-refractivity contribution in [3.63, 3.8) is 0 Å². The highest BCUT2D eigenvalue weighted by atomic mass is 16.5. The van der Waals surface area contributed by atoms with Crippen LogP contribution in [0.4, 0.5) is 0 Å². The number of ether oxygens (including phenoxy) is 1. The lowest BCUT2D eigenvalue weighted by atomic mass is 10.0. The largest absolute Gasteiger partial charge is 0.379 e. The van der Waals surface area contributed by atoms with E-state index in [0.717, 1.165) is 19.8 Å². The Labute approximate surface area is 81.4 Å². The molecule has 1 aliphatic heterocycles. The van der Waals surface area contributed by atoms with Crippen molar-refractivity contribution in [3.8, 4) is 0 Å². The van der Waals surface area contributed by atoms with E-state index in [-0.39, 0.29) is 0 Å². The molecule has 1 rings (SSSR count). The van der Waals surface area contributed by atoms with E-state index in [2.05, 4.69) is 31.2 Å². The van der Waals surface area contributed by atoms with Gasteiger partial charge in [-0.05, 0) is 26.9 Å². The Morgan fingerprint density at radius 3 is 2.77 bits per heavy atom. The van der Waals surface area contributed by atoms with Crippen molar-refractivity contribution in [2.75, 3.05) is 33.9 Å². The van der Waals surface area contributed by atoms with Gasteiger partial charge >= 0.3 is 0 Å². The zero-order valence-electron chi connectivity index (χ0n) is 9.05. The highest BCUT2D eigenvalue weighted by molar-refractivity contribution is 4.77. The number of hydrogen-bond donors (Lipinski definition) is 1. The van der Waals surface area contributed by atoms with Crippen LogP contribution in [0, 0.1) is 0 Å². The van der Waals surface area contributed by atoms with Gasteiger partial charge in [0.15, 0.2) is 0 Å². The van der Waals surface area contributed by atoms with Crippen LogP contribution in [0.2, 0.25) is 0 Å². The second kappa shape index (κ2) is 5.58. The molecule has 2 unspecified atom stereocenters. The summed E-state index contributed by atoms with van der Waals surface area (Å²) >= 11 is 0. The Hall–Kier alpha value is -0.120. The molecule has 2 atom stereocenters. The first kappa shape index (κ1) is 11.0. The van der Waals surface area contributed by atoms with Gasteiger partial charge in [-0.25, -0.2) is 0 Å². The third-order valence-electron chi connectivity index (χ3n) is 2.76. The van der Waals surface area contributed by atoms with Crippen LogP contribution < -0.4 is 5.32 Å². The summed E-state index contributed by atoms with van der Waals surface area (Å²) in [7, 11) is 4.30. The molecule has 0 amide bonds. The molecule has 0 spiro atoms. The highest BCUT2D eigenvalue weighted by Gasteiger charge is 2.18. The van der Waals surface area contributed by atoms with Gasteiger partial charge in [-0.15, -0.1) is 0 Å². The smallest absolute Gasteiger partial charge is 0.0620 e. The molecule has 1 saturated heterocycles. The van der Waals surface area contributed by atoms with Crippen molar-refractivity contribution in [1.82, 2.24) is 10.2 Å². The molecular formula is C10H22N2O. The quantitative estimate of drug-likeness (QED) is 0.699. The van der Waals surface area contributed by atoms with Gasteiger partial charge in [0.25, 0.3) is 0 Å². The minimum absolute atomic E-state index is 0.557. The number of rotatable bonds is 4. The minimum Gasteiger partial charge on any atom is -0.379 e. The molecule has 3 heteroatoms. The van der Waals surface area contributed by atoms with Crippen LogP contribution in [0.1, 0.15) is 19.8 Å². The van der Waals surface area contributed by atoms with Crippen LogP contribution in [0.25, 0.3) is 0 Å². The van der Waals surface area contributed by atoms with Crippen LogP contribution in [-0.4, -0.2) is 50.8 Å². The molecule has 0 aromatic carbocycles. The van der Waals surface area contributed by atoms with Crippen molar-refractivity contribution in [1.29, 1.82) is 0 Å². The summed E-state index contributed by atoms with van der Waals surface area (Å²) in [4.78, 5) is 2.30. The summed E-state index contributed by atoms with van der Waals surface area (Å²) in [6, 6.07) is 1.24. The molecule has 0 radical (unpaired) electrons. The minimum atomic E-state index is 0.557. The SMILES string of the molecule is CCC(CC1COCCN1)N(C)C. The maximum absolute atomic E-state index is 5.43. The normalized spacial score (nSPS) is 26.3. The number of hydrogen-bond acceptors (Lipinski definition) is 3. The summed E-state index contributed by atoms with van der Waals surface area (Å²) in [5, 5.41) is 3.49. The number of nitrogens with zero attached hydrogens (tertiary/aromatic N) is 1. The lowest BCUT2D eigenvalue weighted by molar-refractivity contribution is 0.0645. The van der Waals surface area contributed by atoms with E-state index in [0.29, 0.717) is 12.1 Å². The fraction of sp³-hybridized carbons (Fsp3) is 1.00. The van der Waals surface area contributed by atoms with Gasteiger partial charge in [0.1, 0.15) is 0 Å².